The fraction of sp³-hybridized carbons (Fsp3) is 0. The highest BCUT2D eigenvalue weighted by Crippen LogP contribution is 2.25. The zero-order chi connectivity index (χ0) is 11.5. The van der Waals surface area contributed by atoms with E-state index in [0.29, 0.717) is 10.7 Å². The van der Waals surface area contributed by atoms with Crippen molar-refractivity contribution < 1.29 is 4.39 Å². The second kappa shape index (κ2) is 4.22. The summed E-state index contributed by atoms with van der Waals surface area (Å²) in [5.41, 5.74) is 8.99. The van der Waals surface area contributed by atoms with Crippen LogP contribution in [0.5, 0.6) is 0 Å². The molecule has 0 saturated heterocycles. The lowest BCUT2D eigenvalue weighted by atomic mass is 10.2. The second-order valence-corrected chi connectivity index (χ2v) is 3.36. The molecule has 7 heteroatoms. The molecule has 2 rings (SSSR count). The van der Waals surface area contributed by atoms with Gasteiger partial charge in [-0.25, -0.2) is 9.07 Å². The van der Waals surface area contributed by atoms with Crippen LogP contribution in [0.3, 0.4) is 0 Å². The summed E-state index contributed by atoms with van der Waals surface area (Å²) in [6.45, 7) is 0. The van der Waals surface area contributed by atoms with E-state index >= 15 is 0 Å². The van der Waals surface area contributed by atoms with Gasteiger partial charge in [0.05, 0.1) is 22.6 Å². The maximum Gasteiger partial charge on any atom is 0.123 e. The fourth-order valence-electron chi connectivity index (χ4n) is 1.25. The predicted octanol–water partition coefficient (Wildman–Crippen LogP) is 3.61. The summed E-state index contributed by atoms with van der Waals surface area (Å²) in [6.07, 6.45) is 2.97. The van der Waals surface area contributed by atoms with Crippen LogP contribution in [-0.4, -0.2) is 9.78 Å². The molecule has 1 aromatic heterocycles. The Morgan fingerprint density at radius 2 is 2.31 bits per heavy atom. The number of benzene rings is 1. The summed E-state index contributed by atoms with van der Waals surface area (Å²) in [5.74, 6) is -0.482. The minimum atomic E-state index is -0.482. The topological polar surface area (TPSA) is 66.6 Å². The van der Waals surface area contributed by atoms with Crippen LogP contribution in [0.25, 0.3) is 16.1 Å². The highest BCUT2D eigenvalue weighted by Gasteiger charge is 2.06. The first kappa shape index (κ1) is 10.5. The first-order chi connectivity index (χ1) is 7.70. The third-order valence-electron chi connectivity index (χ3n) is 1.89. The third kappa shape index (κ3) is 1.98. The zero-order valence-corrected chi connectivity index (χ0v) is 8.63. The number of nitrogens with zero attached hydrogens (tertiary/aromatic N) is 5. The Morgan fingerprint density at radius 3 is 2.94 bits per heavy atom. The molecule has 16 heavy (non-hydrogen) atoms. The van der Waals surface area contributed by atoms with E-state index in [-0.39, 0.29) is 5.69 Å². The van der Waals surface area contributed by atoms with Gasteiger partial charge in [-0.05, 0) is 23.7 Å². The molecule has 80 valence electrons. The molecular weight excluding hydrogens is 233 g/mol. The Hall–Kier alpha value is -2.04. The quantitative estimate of drug-likeness (QED) is 0.447. The molecule has 0 radical (unpaired) electrons. The summed E-state index contributed by atoms with van der Waals surface area (Å²) in [4.78, 5) is 2.62. The molecule has 0 N–H and O–H groups in total. The molecule has 5 nitrogen and oxygen atoms in total. The Morgan fingerprint density at radius 1 is 1.50 bits per heavy atom. The Bertz CT molecular complexity index is 573. The van der Waals surface area contributed by atoms with Crippen LogP contribution in [0.2, 0.25) is 5.02 Å². The third-order valence-corrected chi connectivity index (χ3v) is 2.08. The largest absolute Gasteiger partial charge is 0.239 e. The van der Waals surface area contributed by atoms with Gasteiger partial charge in [0.25, 0.3) is 0 Å². The van der Waals surface area contributed by atoms with Crippen molar-refractivity contribution in [1.29, 1.82) is 0 Å². The normalized spacial score (nSPS) is 9.88. The molecule has 0 fully saturated rings. The van der Waals surface area contributed by atoms with Crippen molar-refractivity contribution in [2.75, 3.05) is 0 Å². The molecule has 1 heterocycles. The van der Waals surface area contributed by atoms with Crippen molar-refractivity contribution in [3.8, 4) is 5.69 Å². The van der Waals surface area contributed by atoms with Crippen molar-refractivity contribution in [3.05, 3.63) is 51.9 Å². The Balaban J connectivity index is 2.59. The summed E-state index contributed by atoms with van der Waals surface area (Å²) in [5, 5.41) is 7.77. The standard InChI is InChI=1S/C9H5ClFN5/c10-6-4-13-16(5-6)9-2-1-7(11)3-8(9)14-15-12/h1-5H. The number of halogens is 2. The van der Waals surface area contributed by atoms with Crippen LogP contribution in [0.4, 0.5) is 10.1 Å². The lowest BCUT2D eigenvalue weighted by Gasteiger charge is -2.04. The molecule has 1 aromatic carbocycles. The van der Waals surface area contributed by atoms with Gasteiger partial charge in [0.15, 0.2) is 0 Å². The van der Waals surface area contributed by atoms with Gasteiger partial charge in [-0.3, -0.25) is 0 Å². The molecular formula is C9H5ClFN5. The van der Waals surface area contributed by atoms with E-state index in [1.54, 1.807) is 0 Å². The predicted molar refractivity (Wildman–Crippen MR) is 57.3 cm³/mol. The monoisotopic (exact) mass is 237 g/mol. The number of hydrogen-bond donors (Lipinski definition) is 0. The lowest BCUT2D eigenvalue weighted by Crippen LogP contribution is -1.94. The SMILES string of the molecule is [N-]=[N+]=Nc1cc(F)ccc1-n1cc(Cl)cn1. The maximum atomic E-state index is 13.0. The molecule has 0 atom stereocenters. The van der Waals surface area contributed by atoms with Gasteiger partial charge in [-0.2, -0.15) is 5.10 Å². The molecule has 2 aromatic rings. The molecule has 0 aliphatic carbocycles. The van der Waals surface area contributed by atoms with E-state index in [2.05, 4.69) is 15.1 Å². The molecule has 0 unspecified atom stereocenters. The molecule has 0 bridgehead atoms. The van der Waals surface area contributed by atoms with Crippen molar-refractivity contribution in [1.82, 2.24) is 9.78 Å². The van der Waals surface area contributed by atoms with E-state index in [4.69, 9.17) is 17.1 Å². The number of aromatic nitrogens is 2. The van der Waals surface area contributed by atoms with Gasteiger partial charge in [-0.1, -0.05) is 16.7 Å². The van der Waals surface area contributed by atoms with Crippen molar-refractivity contribution in [2.45, 2.75) is 0 Å². The van der Waals surface area contributed by atoms with E-state index in [1.807, 2.05) is 0 Å². The summed E-state index contributed by atoms with van der Waals surface area (Å²) in [6, 6.07) is 3.84. The van der Waals surface area contributed by atoms with Crippen molar-refractivity contribution in [3.63, 3.8) is 0 Å². The van der Waals surface area contributed by atoms with Crippen LogP contribution >= 0.6 is 11.6 Å². The van der Waals surface area contributed by atoms with Crippen LogP contribution in [0, 0.1) is 5.82 Å². The summed E-state index contributed by atoms with van der Waals surface area (Å²) >= 11 is 5.71. The molecule has 0 aliphatic heterocycles. The minimum Gasteiger partial charge on any atom is -0.239 e. The van der Waals surface area contributed by atoms with Crippen LogP contribution < -0.4 is 0 Å². The van der Waals surface area contributed by atoms with Crippen molar-refractivity contribution in [2.24, 2.45) is 5.11 Å². The van der Waals surface area contributed by atoms with Gasteiger partial charge in [0.2, 0.25) is 0 Å². The molecule has 0 aliphatic rings. The van der Waals surface area contributed by atoms with E-state index in [1.165, 1.54) is 29.2 Å². The van der Waals surface area contributed by atoms with Gasteiger partial charge in [0.1, 0.15) is 5.82 Å². The summed E-state index contributed by atoms with van der Waals surface area (Å²) < 4.78 is 14.4. The second-order valence-electron chi connectivity index (χ2n) is 2.93. The lowest BCUT2D eigenvalue weighted by molar-refractivity contribution is 0.627. The Kier molecular flexibility index (Phi) is 2.76. The minimum absolute atomic E-state index is 0.155. The average molecular weight is 238 g/mol. The molecule has 0 spiro atoms. The highest BCUT2D eigenvalue weighted by atomic mass is 35.5. The highest BCUT2D eigenvalue weighted by molar-refractivity contribution is 6.30. The van der Waals surface area contributed by atoms with E-state index in [0.717, 1.165) is 6.07 Å². The molecule has 0 saturated carbocycles. The molecule has 0 amide bonds. The number of azide groups is 1. The van der Waals surface area contributed by atoms with Gasteiger partial charge in [-0.15, -0.1) is 0 Å². The fourth-order valence-corrected chi connectivity index (χ4v) is 1.39. The van der Waals surface area contributed by atoms with E-state index < -0.39 is 5.82 Å². The Labute approximate surface area is 94.7 Å². The van der Waals surface area contributed by atoms with Gasteiger partial charge < -0.3 is 0 Å². The number of hydrogen-bond acceptors (Lipinski definition) is 2. The average Bonchev–Trinajstić information content (AvgIpc) is 2.65. The van der Waals surface area contributed by atoms with E-state index in [9.17, 15) is 4.39 Å². The summed E-state index contributed by atoms with van der Waals surface area (Å²) in [7, 11) is 0. The van der Waals surface area contributed by atoms with Crippen LogP contribution in [0.1, 0.15) is 0 Å². The smallest absolute Gasteiger partial charge is 0.123 e. The first-order valence-corrected chi connectivity index (χ1v) is 4.63. The van der Waals surface area contributed by atoms with Gasteiger partial charge >= 0.3 is 0 Å². The first-order valence-electron chi connectivity index (χ1n) is 4.26. The number of rotatable bonds is 2. The van der Waals surface area contributed by atoms with Crippen LogP contribution in [-0.2, 0) is 0 Å². The zero-order valence-electron chi connectivity index (χ0n) is 7.88. The van der Waals surface area contributed by atoms with Crippen molar-refractivity contribution >= 4 is 17.3 Å². The van der Waals surface area contributed by atoms with Crippen LogP contribution in [0.15, 0.2) is 35.7 Å². The van der Waals surface area contributed by atoms with Gasteiger partial charge in [0, 0.05) is 11.1 Å². The maximum absolute atomic E-state index is 13.0.